The molecule has 0 aromatic heterocycles. The van der Waals surface area contributed by atoms with Crippen molar-refractivity contribution in [3.05, 3.63) is 28.8 Å². The van der Waals surface area contributed by atoms with Crippen LogP contribution in [0.25, 0.3) is 0 Å². The summed E-state index contributed by atoms with van der Waals surface area (Å²) in [6, 6.07) is 5.81. The van der Waals surface area contributed by atoms with Crippen molar-refractivity contribution in [1.29, 1.82) is 0 Å². The number of hydrogen-bond acceptors (Lipinski definition) is 4. The zero-order valence-electron chi connectivity index (χ0n) is 13.0. The van der Waals surface area contributed by atoms with Crippen molar-refractivity contribution in [3.8, 4) is 5.75 Å². The maximum Gasteiger partial charge on any atom is 0.137 e. The van der Waals surface area contributed by atoms with E-state index in [1.54, 1.807) is 7.11 Å². The summed E-state index contributed by atoms with van der Waals surface area (Å²) in [5.74, 6) is 6.53. The van der Waals surface area contributed by atoms with Crippen molar-refractivity contribution in [2.24, 2.45) is 5.84 Å². The van der Waals surface area contributed by atoms with Gasteiger partial charge >= 0.3 is 0 Å². The average molecular weight is 300 g/mol. The molecule has 0 aliphatic heterocycles. The molecule has 3 N–H and O–H groups in total. The number of methoxy groups -OCH3 is 1. The predicted molar refractivity (Wildman–Crippen MR) is 85.1 cm³/mol. The Kier molecular flexibility index (Phi) is 6.27. The molecule has 0 heterocycles. The van der Waals surface area contributed by atoms with Crippen LogP contribution in [0.1, 0.15) is 38.3 Å². The molecule has 0 spiro atoms. The normalized spacial score (nSPS) is 13.6. The first-order chi connectivity index (χ1) is 9.46. The van der Waals surface area contributed by atoms with Crippen LogP contribution in [-0.4, -0.2) is 31.6 Å². The van der Waals surface area contributed by atoms with Gasteiger partial charge in [-0.25, -0.2) is 0 Å². The third-order valence-electron chi connectivity index (χ3n) is 4.33. The summed E-state index contributed by atoms with van der Waals surface area (Å²) in [5.41, 5.74) is 3.99. The van der Waals surface area contributed by atoms with Crippen LogP contribution in [0.15, 0.2) is 18.2 Å². The molecule has 1 aromatic carbocycles. The molecule has 0 fully saturated rings. The molecule has 0 amide bonds. The minimum Gasteiger partial charge on any atom is -0.495 e. The van der Waals surface area contributed by atoms with E-state index in [1.807, 2.05) is 18.2 Å². The molecule has 0 aliphatic carbocycles. The van der Waals surface area contributed by atoms with Crippen LogP contribution < -0.4 is 16.0 Å². The number of rotatable bonds is 7. The second-order valence-corrected chi connectivity index (χ2v) is 5.61. The van der Waals surface area contributed by atoms with Gasteiger partial charge in [0, 0.05) is 5.54 Å². The Morgan fingerprint density at radius 1 is 1.35 bits per heavy atom. The van der Waals surface area contributed by atoms with E-state index in [0.717, 1.165) is 18.4 Å². The SMILES string of the molecule is CCC(CC)(C(NN)c1ccc(Cl)c(OC)c1)N(C)C. The van der Waals surface area contributed by atoms with E-state index in [-0.39, 0.29) is 11.6 Å². The molecule has 0 saturated heterocycles. The lowest BCUT2D eigenvalue weighted by Gasteiger charge is -2.45. The Hall–Kier alpha value is -0.810. The molecule has 4 nitrogen and oxygen atoms in total. The summed E-state index contributed by atoms with van der Waals surface area (Å²) in [6.07, 6.45) is 1.96. The summed E-state index contributed by atoms with van der Waals surface area (Å²) < 4.78 is 5.31. The fourth-order valence-corrected chi connectivity index (χ4v) is 3.16. The number of hydrogen-bond donors (Lipinski definition) is 2. The summed E-state index contributed by atoms with van der Waals surface area (Å²) in [4.78, 5) is 2.23. The van der Waals surface area contributed by atoms with Gasteiger partial charge in [-0.3, -0.25) is 11.3 Å². The lowest BCUT2D eigenvalue weighted by Crippen LogP contribution is -2.54. The van der Waals surface area contributed by atoms with Gasteiger partial charge in [0.25, 0.3) is 0 Å². The molecule has 1 aromatic rings. The number of nitrogens with one attached hydrogen (secondary N) is 1. The molecule has 0 aliphatic rings. The largest absolute Gasteiger partial charge is 0.495 e. The number of nitrogens with zero attached hydrogens (tertiary/aromatic N) is 1. The number of nitrogens with two attached hydrogens (primary N) is 1. The van der Waals surface area contributed by atoms with Gasteiger partial charge in [-0.15, -0.1) is 0 Å². The van der Waals surface area contributed by atoms with E-state index >= 15 is 0 Å². The highest BCUT2D eigenvalue weighted by atomic mass is 35.5. The van der Waals surface area contributed by atoms with Crippen LogP contribution in [0.5, 0.6) is 5.75 Å². The molecule has 1 unspecified atom stereocenters. The number of likely N-dealkylation sites (N-methyl/N-ethyl adjacent to an activating group) is 1. The fourth-order valence-electron chi connectivity index (χ4n) is 2.97. The van der Waals surface area contributed by atoms with E-state index in [1.165, 1.54) is 0 Å². The van der Waals surface area contributed by atoms with E-state index in [4.69, 9.17) is 22.2 Å². The van der Waals surface area contributed by atoms with Crippen LogP contribution in [0, 0.1) is 0 Å². The number of benzene rings is 1. The van der Waals surface area contributed by atoms with Gasteiger partial charge < -0.3 is 9.64 Å². The lowest BCUT2D eigenvalue weighted by molar-refractivity contribution is 0.0881. The van der Waals surface area contributed by atoms with Crippen molar-refractivity contribution in [2.45, 2.75) is 38.3 Å². The van der Waals surface area contributed by atoms with E-state index in [2.05, 4.69) is 38.3 Å². The molecule has 1 atom stereocenters. The van der Waals surface area contributed by atoms with Crippen molar-refractivity contribution >= 4 is 11.6 Å². The Bertz CT molecular complexity index is 433. The van der Waals surface area contributed by atoms with Gasteiger partial charge in [-0.05, 0) is 44.6 Å². The molecule has 114 valence electrons. The van der Waals surface area contributed by atoms with E-state index in [0.29, 0.717) is 10.8 Å². The molecule has 0 radical (unpaired) electrons. The Balaban J connectivity index is 3.30. The smallest absolute Gasteiger partial charge is 0.137 e. The summed E-state index contributed by atoms with van der Waals surface area (Å²) >= 11 is 6.10. The fraction of sp³-hybridized carbons (Fsp3) is 0.600. The highest BCUT2D eigenvalue weighted by Crippen LogP contribution is 2.37. The van der Waals surface area contributed by atoms with E-state index < -0.39 is 0 Å². The zero-order chi connectivity index (χ0) is 15.3. The number of ether oxygens (including phenoxy) is 1. The molecule has 20 heavy (non-hydrogen) atoms. The first-order valence-electron chi connectivity index (χ1n) is 6.93. The maximum absolute atomic E-state index is 6.10. The summed E-state index contributed by atoms with van der Waals surface area (Å²) in [6.45, 7) is 4.36. The van der Waals surface area contributed by atoms with Crippen molar-refractivity contribution < 1.29 is 4.74 Å². The van der Waals surface area contributed by atoms with Gasteiger partial charge in [-0.2, -0.15) is 0 Å². The van der Waals surface area contributed by atoms with Crippen molar-refractivity contribution in [2.75, 3.05) is 21.2 Å². The predicted octanol–water partition coefficient (Wildman–Crippen LogP) is 2.97. The lowest BCUT2D eigenvalue weighted by atomic mass is 9.80. The standard InChI is InChI=1S/C15H26ClN3O/c1-6-15(7-2,19(3)4)14(18-17)11-8-9-12(16)13(10-11)20-5/h8-10,14,18H,6-7,17H2,1-5H3. The first kappa shape index (κ1) is 17.2. The van der Waals surface area contributed by atoms with E-state index in [9.17, 15) is 0 Å². The topological polar surface area (TPSA) is 50.5 Å². The molecular formula is C15H26ClN3O. The van der Waals surface area contributed by atoms with Crippen molar-refractivity contribution in [3.63, 3.8) is 0 Å². The molecular weight excluding hydrogens is 274 g/mol. The third-order valence-corrected chi connectivity index (χ3v) is 4.64. The summed E-state index contributed by atoms with van der Waals surface area (Å²) in [7, 11) is 5.80. The second-order valence-electron chi connectivity index (χ2n) is 5.20. The third kappa shape index (κ3) is 3.09. The van der Waals surface area contributed by atoms with Gasteiger partial charge in [0.1, 0.15) is 5.75 Å². The van der Waals surface area contributed by atoms with Gasteiger partial charge in [0.2, 0.25) is 0 Å². The van der Waals surface area contributed by atoms with Crippen LogP contribution in [0.3, 0.4) is 0 Å². The molecule has 0 bridgehead atoms. The summed E-state index contributed by atoms with van der Waals surface area (Å²) in [5, 5.41) is 0.607. The molecule has 1 rings (SSSR count). The van der Waals surface area contributed by atoms with Gasteiger partial charge in [0.15, 0.2) is 0 Å². The molecule has 0 saturated carbocycles. The Labute approximate surface area is 127 Å². The Morgan fingerprint density at radius 2 is 1.95 bits per heavy atom. The van der Waals surface area contributed by atoms with Gasteiger partial charge in [0.05, 0.1) is 18.2 Å². The second kappa shape index (κ2) is 7.27. The van der Waals surface area contributed by atoms with Gasteiger partial charge in [-0.1, -0.05) is 31.5 Å². The number of halogens is 1. The van der Waals surface area contributed by atoms with Crippen LogP contribution in [0.2, 0.25) is 5.02 Å². The highest BCUT2D eigenvalue weighted by Gasteiger charge is 2.38. The monoisotopic (exact) mass is 299 g/mol. The molecule has 5 heteroatoms. The van der Waals surface area contributed by atoms with Crippen LogP contribution in [-0.2, 0) is 0 Å². The highest BCUT2D eigenvalue weighted by molar-refractivity contribution is 6.32. The minimum absolute atomic E-state index is 0.00123. The average Bonchev–Trinajstić information content (AvgIpc) is 2.45. The number of hydrazine groups is 1. The first-order valence-corrected chi connectivity index (χ1v) is 7.31. The van der Waals surface area contributed by atoms with Crippen LogP contribution in [0.4, 0.5) is 0 Å². The maximum atomic E-state index is 6.10. The van der Waals surface area contributed by atoms with Crippen molar-refractivity contribution in [1.82, 2.24) is 10.3 Å². The van der Waals surface area contributed by atoms with Crippen LogP contribution >= 0.6 is 11.6 Å². The minimum atomic E-state index is -0.0619. The quantitative estimate of drug-likeness (QED) is 0.600. The zero-order valence-corrected chi connectivity index (χ0v) is 13.8. The Morgan fingerprint density at radius 3 is 2.35 bits per heavy atom.